The number of pyridine rings is 1. The standard InChI is InChI=1S/C17H10N4/c1-18-13-8-6-11(7-9-13)16-20-15-14-5-3-2-4-12(14)10-19-17(15)21-16/h2-10H,(H,19,20,21). The van der Waals surface area contributed by atoms with Crippen LogP contribution in [0.15, 0.2) is 54.7 Å². The van der Waals surface area contributed by atoms with Crippen molar-refractivity contribution in [1.29, 1.82) is 0 Å². The van der Waals surface area contributed by atoms with E-state index >= 15 is 0 Å². The van der Waals surface area contributed by atoms with Crippen molar-refractivity contribution in [3.05, 3.63) is 66.1 Å². The molecule has 4 heteroatoms. The van der Waals surface area contributed by atoms with Crippen LogP contribution in [0.25, 0.3) is 38.2 Å². The normalized spacial score (nSPS) is 10.8. The van der Waals surface area contributed by atoms with Gasteiger partial charge < -0.3 is 4.98 Å². The molecule has 0 amide bonds. The summed E-state index contributed by atoms with van der Waals surface area (Å²) in [5.74, 6) is 0.769. The molecule has 2 aromatic carbocycles. The number of hydrogen-bond donors (Lipinski definition) is 1. The third kappa shape index (κ3) is 1.84. The number of nitrogens with one attached hydrogen (secondary N) is 1. The molecule has 21 heavy (non-hydrogen) atoms. The fourth-order valence-electron chi connectivity index (χ4n) is 2.44. The molecule has 98 valence electrons. The maximum Gasteiger partial charge on any atom is 0.187 e. The van der Waals surface area contributed by atoms with E-state index in [0.29, 0.717) is 11.3 Å². The molecule has 0 aliphatic heterocycles. The summed E-state index contributed by atoms with van der Waals surface area (Å²) in [4.78, 5) is 15.7. The van der Waals surface area contributed by atoms with E-state index in [0.717, 1.165) is 27.7 Å². The van der Waals surface area contributed by atoms with Gasteiger partial charge in [0.15, 0.2) is 11.3 Å². The highest BCUT2D eigenvalue weighted by molar-refractivity contribution is 6.02. The summed E-state index contributed by atoms with van der Waals surface area (Å²) in [7, 11) is 0. The van der Waals surface area contributed by atoms with Crippen molar-refractivity contribution < 1.29 is 0 Å². The number of H-pyrrole nitrogens is 1. The van der Waals surface area contributed by atoms with E-state index in [-0.39, 0.29) is 0 Å². The van der Waals surface area contributed by atoms with Crippen molar-refractivity contribution in [2.24, 2.45) is 0 Å². The van der Waals surface area contributed by atoms with E-state index < -0.39 is 0 Å². The zero-order valence-electron chi connectivity index (χ0n) is 11.0. The number of aromatic amines is 1. The van der Waals surface area contributed by atoms with Crippen molar-refractivity contribution in [3.63, 3.8) is 0 Å². The number of aromatic nitrogens is 3. The van der Waals surface area contributed by atoms with Gasteiger partial charge in [0.05, 0.1) is 12.1 Å². The second kappa shape index (κ2) is 4.43. The van der Waals surface area contributed by atoms with Crippen molar-refractivity contribution in [2.45, 2.75) is 0 Å². The number of imidazole rings is 1. The Labute approximate surface area is 120 Å². The van der Waals surface area contributed by atoms with Gasteiger partial charge in [-0.2, -0.15) is 0 Å². The first-order valence-electron chi connectivity index (χ1n) is 6.56. The Hall–Kier alpha value is -3.19. The number of nitrogens with zero attached hydrogens (tertiary/aromatic N) is 3. The van der Waals surface area contributed by atoms with Gasteiger partial charge in [-0.3, -0.25) is 0 Å². The summed E-state index contributed by atoms with van der Waals surface area (Å²) < 4.78 is 0. The minimum absolute atomic E-state index is 0.624. The molecule has 2 heterocycles. The van der Waals surface area contributed by atoms with Crippen molar-refractivity contribution in [3.8, 4) is 11.4 Å². The molecule has 1 N–H and O–H groups in total. The van der Waals surface area contributed by atoms with Crippen LogP contribution in [0.1, 0.15) is 0 Å². The molecule has 0 fully saturated rings. The van der Waals surface area contributed by atoms with Crippen LogP contribution >= 0.6 is 0 Å². The predicted molar refractivity (Wildman–Crippen MR) is 83.1 cm³/mol. The second-order valence-corrected chi connectivity index (χ2v) is 4.79. The lowest BCUT2D eigenvalue weighted by molar-refractivity contribution is 1.30. The molecule has 4 nitrogen and oxygen atoms in total. The third-order valence-corrected chi connectivity index (χ3v) is 3.51. The molecular weight excluding hydrogens is 260 g/mol. The lowest BCUT2D eigenvalue weighted by Crippen LogP contribution is -1.79. The second-order valence-electron chi connectivity index (χ2n) is 4.79. The van der Waals surface area contributed by atoms with E-state index in [1.165, 1.54) is 0 Å². The van der Waals surface area contributed by atoms with Crippen LogP contribution in [-0.4, -0.2) is 15.0 Å². The number of fused-ring (bicyclic) bond motifs is 3. The van der Waals surface area contributed by atoms with Gasteiger partial charge in [-0.1, -0.05) is 48.5 Å². The molecule has 0 aliphatic carbocycles. The molecule has 0 saturated carbocycles. The van der Waals surface area contributed by atoms with Crippen LogP contribution in [0.4, 0.5) is 5.69 Å². The highest BCUT2D eigenvalue weighted by Crippen LogP contribution is 2.26. The summed E-state index contributed by atoms with van der Waals surface area (Å²) in [6, 6.07) is 15.5. The SMILES string of the molecule is [C-]#[N+]c1ccc(-c2nc3ncc4ccccc4c3[nH]2)cc1. The zero-order chi connectivity index (χ0) is 14.2. The van der Waals surface area contributed by atoms with Crippen LogP contribution < -0.4 is 0 Å². The predicted octanol–water partition coefficient (Wildman–Crippen LogP) is 4.33. The molecule has 0 aliphatic rings. The molecule has 2 aromatic heterocycles. The van der Waals surface area contributed by atoms with Gasteiger partial charge >= 0.3 is 0 Å². The first-order valence-corrected chi connectivity index (χ1v) is 6.56. The Kier molecular flexibility index (Phi) is 2.45. The maximum absolute atomic E-state index is 6.99. The Morgan fingerprint density at radius 2 is 1.81 bits per heavy atom. The van der Waals surface area contributed by atoms with Gasteiger partial charge in [0.25, 0.3) is 0 Å². The van der Waals surface area contributed by atoms with Crippen LogP contribution in [0, 0.1) is 6.57 Å². The van der Waals surface area contributed by atoms with Crippen molar-refractivity contribution in [1.82, 2.24) is 15.0 Å². The van der Waals surface area contributed by atoms with Crippen LogP contribution in [0.2, 0.25) is 0 Å². The fraction of sp³-hybridized carbons (Fsp3) is 0. The third-order valence-electron chi connectivity index (χ3n) is 3.51. The molecular formula is C17H10N4. The Bertz CT molecular complexity index is 991. The molecule has 0 unspecified atom stereocenters. The van der Waals surface area contributed by atoms with Crippen LogP contribution in [0.5, 0.6) is 0 Å². The van der Waals surface area contributed by atoms with E-state index in [1.54, 1.807) is 12.1 Å². The average molecular weight is 270 g/mol. The van der Waals surface area contributed by atoms with Gasteiger partial charge in [-0.25, -0.2) is 14.8 Å². The summed E-state index contributed by atoms with van der Waals surface area (Å²) in [5.41, 5.74) is 3.22. The lowest BCUT2D eigenvalue weighted by atomic mass is 10.1. The molecule has 0 atom stereocenters. The lowest BCUT2D eigenvalue weighted by Gasteiger charge is -1.97. The van der Waals surface area contributed by atoms with Crippen LogP contribution in [-0.2, 0) is 0 Å². The van der Waals surface area contributed by atoms with Crippen molar-refractivity contribution >= 4 is 27.6 Å². The summed E-state index contributed by atoms with van der Waals surface area (Å²) in [6.07, 6.45) is 1.84. The largest absolute Gasteiger partial charge is 0.336 e. The maximum atomic E-state index is 6.99. The quantitative estimate of drug-likeness (QED) is 0.523. The van der Waals surface area contributed by atoms with E-state index in [1.807, 2.05) is 36.5 Å². The molecule has 4 aromatic rings. The minimum Gasteiger partial charge on any atom is -0.336 e. The summed E-state index contributed by atoms with van der Waals surface area (Å²) >= 11 is 0. The molecule has 4 rings (SSSR count). The molecule has 0 saturated heterocycles. The van der Waals surface area contributed by atoms with Gasteiger partial charge in [-0.15, -0.1) is 0 Å². The number of rotatable bonds is 1. The number of hydrogen-bond acceptors (Lipinski definition) is 2. The Morgan fingerprint density at radius 3 is 2.62 bits per heavy atom. The molecule has 0 radical (unpaired) electrons. The topological polar surface area (TPSA) is 45.9 Å². The van der Waals surface area contributed by atoms with Gasteiger partial charge in [0.2, 0.25) is 0 Å². The van der Waals surface area contributed by atoms with E-state index in [9.17, 15) is 0 Å². The smallest absolute Gasteiger partial charge is 0.187 e. The first kappa shape index (κ1) is 11.6. The molecule has 0 bridgehead atoms. The van der Waals surface area contributed by atoms with Gasteiger partial charge in [-0.05, 0) is 0 Å². The highest BCUT2D eigenvalue weighted by atomic mass is 15.0. The zero-order valence-corrected chi connectivity index (χ0v) is 11.0. The average Bonchev–Trinajstić information content (AvgIpc) is 2.99. The van der Waals surface area contributed by atoms with Gasteiger partial charge in [0, 0.05) is 22.5 Å². The minimum atomic E-state index is 0.624. The first-order chi connectivity index (χ1) is 10.3. The van der Waals surface area contributed by atoms with Gasteiger partial charge in [0.1, 0.15) is 5.82 Å². The summed E-state index contributed by atoms with van der Waals surface area (Å²) in [5, 5.41) is 2.20. The number of benzene rings is 2. The van der Waals surface area contributed by atoms with Crippen molar-refractivity contribution in [2.75, 3.05) is 0 Å². The highest BCUT2D eigenvalue weighted by Gasteiger charge is 2.09. The molecule has 0 spiro atoms. The van der Waals surface area contributed by atoms with Crippen LogP contribution in [0.3, 0.4) is 0 Å². The van der Waals surface area contributed by atoms with E-state index in [2.05, 4.69) is 25.9 Å². The Morgan fingerprint density at radius 1 is 1.00 bits per heavy atom. The van der Waals surface area contributed by atoms with E-state index in [4.69, 9.17) is 6.57 Å². The fourth-order valence-corrected chi connectivity index (χ4v) is 2.44. The summed E-state index contributed by atoms with van der Waals surface area (Å²) in [6.45, 7) is 6.99. The monoisotopic (exact) mass is 270 g/mol. The Balaban J connectivity index is 1.94.